The van der Waals surface area contributed by atoms with Crippen LogP contribution in [0.25, 0.3) is 0 Å². The third-order valence-electron chi connectivity index (χ3n) is 1.73. The van der Waals surface area contributed by atoms with Gasteiger partial charge < -0.3 is 10.6 Å². The van der Waals surface area contributed by atoms with Crippen LogP contribution in [0.2, 0.25) is 5.15 Å². The fourth-order valence-electron chi connectivity index (χ4n) is 1.26. The lowest BCUT2D eigenvalue weighted by atomic mass is 10.2. The lowest BCUT2D eigenvalue weighted by Crippen LogP contribution is -2.23. The van der Waals surface area contributed by atoms with E-state index in [4.69, 9.17) is 17.3 Å². The summed E-state index contributed by atoms with van der Waals surface area (Å²) in [5.74, 6) is 1.54. The largest absolute Gasteiger partial charge is 0.368 e. The predicted octanol–water partition coefficient (Wildman–Crippen LogP) is 1.80. The highest BCUT2D eigenvalue weighted by Crippen LogP contribution is 2.16. The van der Waals surface area contributed by atoms with Gasteiger partial charge in [0.15, 0.2) is 0 Å². The van der Waals surface area contributed by atoms with Crippen molar-refractivity contribution in [1.82, 2.24) is 9.97 Å². The van der Waals surface area contributed by atoms with Crippen molar-refractivity contribution in [2.24, 2.45) is 5.92 Å². The molecule has 0 amide bonds. The van der Waals surface area contributed by atoms with Crippen molar-refractivity contribution in [2.45, 2.75) is 13.8 Å². The van der Waals surface area contributed by atoms with Crippen LogP contribution in [0, 0.1) is 5.92 Å². The van der Waals surface area contributed by atoms with Crippen LogP contribution in [0.1, 0.15) is 13.8 Å². The molecule has 0 bridgehead atoms. The van der Waals surface area contributed by atoms with Gasteiger partial charge in [0.2, 0.25) is 5.95 Å². The molecule has 4 nitrogen and oxygen atoms in total. The van der Waals surface area contributed by atoms with Crippen LogP contribution in [0.3, 0.4) is 0 Å². The van der Waals surface area contributed by atoms with Crippen LogP contribution in [0.4, 0.5) is 11.8 Å². The quantitative estimate of drug-likeness (QED) is 0.780. The number of halogens is 1. The van der Waals surface area contributed by atoms with Gasteiger partial charge in [0.05, 0.1) is 0 Å². The Labute approximate surface area is 89.1 Å². The minimum Gasteiger partial charge on any atom is -0.368 e. The molecule has 78 valence electrons. The third-order valence-corrected chi connectivity index (χ3v) is 1.92. The van der Waals surface area contributed by atoms with Gasteiger partial charge in [0, 0.05) is 19.7 Å². The Morgan fingerprint density at radius 2 is 2.14 bits per heavy atom. The summed E-state index contributed by atoms with van der Waals surface area (Å²) in [7, 11) is 1.96. The van der Waals surface area contributed by atoms with Crippen LogP contribution in [-0.4, -0.2) is 23.6 Å². The number of hydrogen-bond donors (Lipinski definition) is 1. The van der Waals surface area contributed by atoms with Gasteiger partial charge in [-0.15, -0.1) is 0 Å². The summed E-state index contributed by atoms with van der Waals surface area (Å²) < 4.78 is 0. The zero-order valence-electron chi connectivity index (χ0n) is 8.66. The number of nitrogens with two attached hydrogens (primary N) is 1. The second kappa shape index (κ2) is 4.46. The number of nitrogens with zero attached hydrogens (tertiary/aromatic N) is 3. The molecule has 0 unspecified atom stereocenters. The molecule has 0 aliphatic carbocycles. The average molecular weight is 215 g/mol. The standard InChI is InChI=1S/C9H15ClN4/c1-6(2)5-14(3)8-4-7(10)12-9(11)13-8/h4,6H,5H2,1-3H3,(H2,11,12,13). The monoisotopic (exact) mass is 214 g/mol. The molecule has 0 aliphatic heterocycles. The molecule has 2 N–H and O–H groups in total. The summed E-state index contributed by atoms with van der Waals surface area (Å²) in [5.41, 5.74) is 5.49. The maximum atomic E-state index is 5.77. The molecule has 0 aliphatic rings. The summed E-state index contributed by atoms with van der Waals surface area (Å²) in [6.45, 7) is 5.19. The summed E-state index contributed by atoms with van der Waals surface area (Å²) in [6, 6.07) is 1.71. The van der Waals surface area contributed by atoms with E-state index in [1.165, 1.54) is 0 Å². The lowest BCUT2D eigenvalue weighted by Gasteiger charge is -2.20. The van der Waals surface area contributed by atoms with E-state index in [1.807, 2.05) is 11.9 Å². The fourth-order valence-corrected chi connectivity index (χ4v) is 1.44. The molecular weight excluding hydrogens is 200 g/mol. The zero-order chi connectivity index (χ0) is 10.7. The number of aromatic nitrogens is 2. The molecule has 0 aromatic carbocycles. The van der Waals surface area contributed by atoms with Gasteiger partial charge in [0.1, 0.15) is 11.0 Å². The third kappa shape index (κ3) is 3.03. The van der Waals surface area contributed by atoms with E-state index in [1.54, 1.807) is 6.07 Å². The predicted molar refractivity (Wildman–Crippen MR) is 59.6 cm³/mol. The Balaban J connectivity index is 2.84. The first kappa shape index (κ1) is 11.0. The fraction of sp³-hybridized carbons (Fsp3) is 0.556. The highest BCUT2D eigenvalue weighted by atomic mass is 35.5. The topological polar surface area (TPSA) is 55.0 Å². The normalized spacial score (nSPS) is 10.6. The Morgan fingerprint density at radius 3 is 2.64 bits per heavy atom. The van der Waals surface area contributed by atoms with Crippen molar-refractivity contribution < 1.29 is 0 Å². The molecular formula is C9H15ClN4. The van der Waals surface area contributed by atoms with Crippen LogP contribution in [0.5, 0.6) is 0 Å². The summed E-state index contributed by atoms with van der Waals surface area (Å²) in [6.07, 6.45) is 0. The molecule has 0 atom stereocenters. The Hall–Kier alpha value is -1.03. The first-order chi connectivity index (χ1) is 6.49. The van der Waals surface area contributed by atoms with Gasteiger partial charge >= 0.3 is 0 Å². The zero-order valence-corrected chi connectivity index (χ0v) is 9.41. The second-order valence-corrected chi connectivity index (χ2v) is 4.07. The molecule has 0 fully saturated rings. The van der Waals surface area contributed by atoms with E-state index in [0.717, 1.165) is 12.4 Å². The molecule has 0 saturated carbocycles. The summed E-state index contributed by atoms with van der Waals surface area (Å²) in [4.78, 5) is 9.90. The molecule has 5 heteroatoms. The minimum absolute atomic E-state index is 0.211. The van der Waals surface area contributed by atoms with Gasteiger partial charge in [-0.25, -0.2) is 4.98 Å². The maximum Gasteiger partial charge on any atom is 0.223 e. The van der Waals surface area contributed by atoms with Gasteiger partial charge in [-0.1, -0.05) is 25.4 Å². The molecule has 1 heterocycles. The summed E-state index contributed by atoms with van der Waals surface area (Å²) in [5, 5.41) is 0.378. The Bertz CT molecular complexity index is 293. The molecule has 14 heavy (non-hydrogen) atoms. The van der Waals surface area contributed by atoms with Gasteiger partial charge in [-0.2, -0.15) is 4.98 Å². The highest BCUT2D eigenvalue weighted by molar-refractivity contribution is 6.29. The average Bonchev–Trinajstić information content (AvgIpc) is 2.00. The Morgan fingerprint density at radius 1 is 1.50 bits per heavy atom. The van der Waals surface area contributed by atoms with Gasteiger partial charge in [0.25, 0.3) is 0 Å². The van der Waals surface area contributed by atoms with E-state index >= 15 is 0 Å². The maximum absolute atomic E-state index is 5.77. The summed E-state index contributed by atoms with van der Waals surface area (Å²) >= 11 is 5.77. The van der Waals surface area contributed by atoms with E-state index in [2.05, 4.69) is 23.8 Å². The Kier molecular flexibility index (Phi) is 3.52. The van der Waals surface area contributed by atoms with Gasteiger partial charge in [-0.3, -0.25) is 0 Å². The van der Waals surface area contributed by atoms with Crippen molar-refractivity contribution >= 4 is 23.4 Å². The smallest absolute Gasteiger partial charge is 0.223 e. The van der Waals surface area contributed by atoms with Crippen molar-refractivity contribution in [3.63, 3.8) is 0 Å². The first-order valence-corrected chi connectivity index (χ1v) is 4.88. The molecule has 1 aromatic rings. The lowest BCUT2D eigenvalue weighted by molar-refractivity contribution is 0.634. The SMILES string of the molecule is CC(C)CN(C)c1cc(Cl)nc(N)n1. The van der Waals surface area contributed by atoms with E-state index in [-0.39, 0.29) is 5.95 Å². The molecule has 1 aromatic heterocycles. The van der Waals surface area contributed by atoms with Crippen molar-refractivity contribution in [1.29, 1.82) is 0 Å². The van der Waals surface area contributed by atoms with Crippen molar-refractivity contribution in [3.8, 4) is 0 Å². The van der Waals surface area contributed by atoms with Crippen LogP contribution in [-0.2, 0) is 0 Å². The molecule has 0 radical (unpaired) electrons. The van der Waals surface area contributed by atoms with E-state index in [0.29, 0.717) is 11.1 Å². The van der Waals surface area contributed by atoms with Crippen molar-refractivity contribution in [2.75, 3.05) is 24.2 Å². The molecule has 0 saturated heterocycles. The minimum atomic E-state index is 0.211. The van der Waals surface area contributed by atoms with E-state index < -0.39 is 0 Å². The van der Waals surface area contributed by atoms with Crippen LogP contribution in [0.15, 0.2) is 6.07 Å². The highest BCUT2D eigenvalue weighted by Gasteiger charge is 2.07. The van der Waals surface area contributed by atoms with Crippen molar-refractivity contribution in [3.05, 3.63) is 11.2 Å². The first-order valence-electron chi connectivity index (χ1n) is 4.50. The van der Waals surface area contributed by atoms with E-state index in [9.17, 15) is 0 Å². The van der Waals surface area contributed by atoms with Crippen LogP contribution >= 0.6 is 11.6 Å². The second-order valence-electron chi connectivity index (χ2n) is 3.68. The number of hydrogen-bond acceptors (Lipinski definition) is 4. The van der Waals surface area contributed by atoms with Gasteiger partial charge in [-0.05, 0) is 5.92 Å². The molecule has 1 rings (SSSR count). The molecule has 0 spiro atoms. The number of rotatable bonds is 3. The number of anilines is 2. The van der Waals surface area contributed by atoms with Crippen LogP contribution < -0.4 is 10.6 Å². The number of nitrogen functional groups attached to an aromatic ring is 1.